The van der Waals surface area contributed by atoms with Crippen LogP contribution in [0.25, 0.3) is 0 Å². The molecule has 0 spiro atoms. The van der Waals surface area contributed by atoms with Crippen molar-refractivity contribution >= 4 is 17.9 Å². The Morgan fingerprint density at radius 3 is 1.28 bits per heavy atom. The van der Waals surface area contributed by atoms with E-state index < -0.39 is 12.1 Å². The van der Waals surface area contributed by atoms with Gasteiger partial charge in [-0.25, -0.2) is 0 Å². The molecule has 0 rings (SSSR count). The standard InChI is InChI=1S/C51H78O6/c1-4-7-10-13-16-19-21-23-24-25-26-28-29-32-35-38-41-44-50(53)56-47-48(46-55-49(52)43-40-37-34-31-18-15-12-9-6-3)57-51(54)45-42-39-36-33-30-27-22-20-17-14-11-8-5-2/h7-8,10-11,14,16-17,19-20,22-24,26-28,30,32-33,35-36,48H,4-6,9,12-13,15,18,21,25,29,31,34,37-47H2,1-3H3/b10-7-,11-8-,17-14-,19-16-,22-20-,24-23-,28-26-,30-27-,35-32-,36-33-. The Labute approximate surface area is 348 Å². The molecule has 0 aliphatic carbocycles. The average Bonchev–Trinajstić information content (AvgIpc) is 3.21. The molecule has 0 amide bonds. The second kappa shape index (κ2) is 44.5. The molecule has 0 bridgehead atoms. The number of hydrogen-bond acceptors (Lipinski definition) is 6. The third-order valence-electron chi connectivity index (χ3n) is 8.59. The van der Waals surface area contributed by atoms with Gasteiger partial charge in [0.05, 0.1) is 0 Å². The average molecular weight is 787 g/mol. The van der Waals surface area contributed by atoms with E-state index in [-0.39, 0.29) is 38.0 Å². The van der Waals surface area contributed by atoms with Gasteiger partial charge in [-0.3, -0.25) is 14.4 Å². The molecule has 0 radical (unpaired) electrons. The summed E-state index contributed by atoms with van der Waals surface area (Å²) in [5.74, 6) is -1.08. The highest BCUT2D eigenvalue weighted by molar-refractivity contribution is 5.71. The number of ether oxygens (including phenoxy) is 3. The van der Waals surface area contributed by atoms with E-state index in [4.69, 9.17) is 14.2 Å². The van der Waals surface area contributed by atoms with Crippen LogP contribution in [0.1, 0.15) is 162 Å². The van der Waals surface area contributed by atoms with Crippen LogP contribution in [-0.2, 0) is 28.6 Å². The van der Waals surface area contributed by atoms with Crippen molar-refractivity contribution < 1.29 is 28.6 Å². The van der Waals surface area contributed by atoms with Crippen molar-refractivity contribution in [2.75, 3.05) is 13.2 Å². The fraction of sp³-hybridized carbons (Fsp3) is 0.549. The maximum atomic E-state index is 12.7. The predicted octanol–water partition coefficient (Wildman–Crippen LogP) is 14.2. The lowest BCUT2D eigenvalue weighted by atomic mass is 10.1. The van der Waals surface area contributed by atoms with Crippen molar-refractivity contribution in [3.05, 3.63) is 122 Å². The molecule has 318 valence electrons. The predicted molar refractivity (Wildman–Crippen MR) is 242 cm³/mol. The van der Waals surface area contributed by atoms with E-state index in [1.165, 1.54) is 38.5 Å². The number of esters is 3. The molecular weight excluding hydrogens is 709 g/mol. The molecule has 1 atom stereocenters. The molecule has 0 aliphatic rings. The summed E-state index contributed by atoms with van der Waals surface area (Å²) < 4.78 is 16.5. The third-order valence-corrected chi connectivity index (χ3v) is 8.59. The number of carbonyl (C=O) groups is 3. The van der Waals surface area contributed by atoms with Crippen molar-refractivity contribution in [2.24, 2.45) is 0 Å². The summed E-state index contributed by atoms with van der Waals surface area (Å²) in [6.07, 6.45) is 60.5. The monoisotopic (exact) mass is 787 g/mol. The maximum absolute atomic E-state index is 12.7. The van der Waals surface area contributed by atoms with E-state index in [2.05, 4.69) is 87.6 Å². The second-order valence-electron chi connectivity index (χ2n) is 14.0. The largest absolute Gasteiger partial charge is 0.462 e. The van der Waals surface area contributed by atoms with Gasteiger partial charge in [-0.05, 0) is 70.6 Å². The molecule has 0 saturated carbocycles. The van der Waals surface area contributed by atoms with Gasteiger partial charge in [0.2, 0.25) is 0 Å². The molecule has 1 unspecified atom stereocenters. The van der Waals surface area contributed by atoms with Crippen LogP contribution in [0.4, 0.5) is 0 Å². The zero-order chi connectivity index (χ0) is 41.5. The van der Waals surface area contributed by atoms with Crippen LogP contribution in [-0.4, -0.2) is 37.2 Å². The van der Waals surface area contributed by atoms with E-state index in [9.17, 15) is 14.4 Å². The van der Waals surface area contributed by atoms with Crippen LogP contribution >= 0.6 is 0 Å². The van der Waals surface area contributed by atoms with Gasteiger partial charge in [0.15, 0.2) is 6.10 Å². The van der Waals surface area contributed by atoms with Crippen molar-refractivity contribution in [2.45, 2.75) is 168 Å². The zero-order valence-corrected chi connectivity index (χ0v) is 36.0. The summed E-state index contributed by atoms with van der Waals surface area (Å²) in [7, 11) is 0. The van der Waals surface area contributed by atoms with Gasteiger partial charge in [0.25, 0.3) is 0 Å². The first-order valence-corrected chi connectivity index (χ1v) is 22.1. The van der Waals surface area contributed by atoms with Gasteiger partial charge in [-0.1, -0.05) is 194 Å². The minimum Gasteiger partial charge on any atom is -0.462 e. The summed E-state index contributed by atoms with van der Waals surface area (Å²) in [4.78, 5) is 37.6. The van der Waals surface area contributed by atoms with Gasteiger partial charge in [0.1, 0.15) is 13.2 Å². The minimum absolute atomic E-state index is 0.127. The van der Waals surface area contributed by atoms with Crippen LogP contribution in [0.3, 0.4) is 0 Å². The molecule has 0 heterocycles. The normalized spacial score (nSPS) is 13.2. The number of rotatable bonds is 37. The van der Waals surface area contributed by atoms with Crippen LogP contribution in [0.5, 0.6) is 0 Å². The summed E-state index contributed by atoms with van der Waals surface area (Å²) in [5, 5.41) is 0. The van der Waals surface area contributed by atoms with Crippen LogP contribution in [0.15, 0.2) is 122 Å². The van der Waals surface area contributed by atoms with E-state index in [1.54, 1.807) is 0 Å². The Balaban J connectivity index is 4.59. The molecule has 0 aromatic carbocycles. The highest BCUT2D eigenvalue weighted by Gasteiger charge is 2.19. The van der Waals surface area contributed by atoms with Crippen molar-refractivity contribution in [1.82, 2.24) is 0 Å². The Morgan fingerprint density at radius 2 is 0.772 bits per heavy atom. The number of hydrogen-bond donors (Lipinski definition) is 0. The van der Waals surface area contributed by atoms with Crippen LogP contribution < -0.4 is 0 Å². The molecule has 0 N–H and O–H groups in total. The van der Waals surface area contributed by atoms with E-state index in [0.29, 0.717) is 19.3 Å². The Bertz CT molecular complexity index is 1270. The Morgan fingerprint density at radius 1 is 0.386 bits per heavy atom. The summed E-state index contributed by atoms with van der Waals surface area (Å²) in [6.45, 7) is 6.20. The van der Waals surface area contributed by atoms with Gasteiger partial charge in [-0.15, -0.1) is 0 Å². The minimum atomic E-state index is -0.837. The molecule has 0 saturated heterocycles. The molecule has 6 heteroatoms. The van der Waals surface area contributed by atoms with Gasteiger partial charge in [0, 0.05) is 19.3 Å². The molecule has 0 fully saturated rings. The van der Waals surface area contributed by atoms with E-state index >= 15 is 0 Å². The second-order valence-corrected chi connectivity index (χ2v) is 14.0. The first-order valence-electron chi connectivity index (χ1n) is 22.1. The molecule has 0 aromatic rings. The topological polar surface area (TPSA) is 78.9 Å². The van der Waals surface area contributed by atoms with E-state index in [1.807, 2.05) is 54.7 Å². The van der Waals surface area contributed by atoms with Gasteiger partial charge in [-0.2, -0.15) is 0 Å². The van der Waals surface area contributed by atoms with Gasteiger partial charge >= 0.3 is 17.9 Å². The fourth-order valence-electron chi connectivity index (χ4n) is 5.33. The van der Waals surface area contributed by atoms with E-state index in [0.717, 1.165) is 70.6 Å². The summed E-state index contributed by atoms with van der Waals surface area (Å²) in [6, 6.07) is 0. The quantitative estimate of drug-likeness (QED) is 0.0205. The van der Waals surface area contributed by atoms with Crippen molar-refractivity contribution in [3.8, 4) is 0 Å². The first kappa shape index (κ1) is 52.8. The lowest BCUT2D eigenvalue weighted by molar-refractivity contribution is -0.167. The van der Waals surface area contributed by atoms with Crippen LogP contribution in [0.2, 0.25) is 0 Å². The van der Waals surface area contributed by atoms with Crippen molar-refractivity contribution in [1.29, 1.82) is 0 Å². The summed E-state index contributed by atoms with van der Waals surface area (Å²) in [5.41, 5.74) is 0. The Hall–Kier alpha value is -4.19. The Kier molecular flexibility index (Phi) is 41.3. The third kappa shape index (κ3) is 42.8. The molecule has 57 heavy (non-hydrogen) atoms. The maximum Gasteiger partial charge on any atom is 0.306 e. The summed E-state index contributed by atoms with van der Waals surface area (Å²) >= 11 is 0. The molecule has 0 aliphatic heterocycles. The highest BCUT2D eigenvalue weighted by atomic mass is 16.6. The molecule has 6 nitrogen and oxygen atoms in total. The number of allylic oxidation sites excluding steroid dienone is 20. The van der Waals surface area contributed by atoms with Crippen LogP contribution in [0, 0.1) is 0 Å². The van der Waals surface area contributed by atoms with Crippen molar-refractivity contribution in [3.63, 3.8) is 0 Å². The highest BCUT2D eigenvalue weighted by Crippen LogP contribution is 2.12. The zero-order valence-electron chi connectivity index (χ0n) is 36.0. The van der Waals surface area contributed by atoms with Gasteiger partial charge < -0.3 is 14.2 Å². The number of carbonyl (C=O) groups excluding carboxylic acids is 3. The molecule has 0 aromatic heterocycles. The smallest absolute Gasteiger partial charge is 0.306 e. The lowest BCUT2D eigenvalue weighted by Gasteiger charge is -2.18. The number of unbranched alkanes of at least 4 members (excludes halogenated alkanes) is 10. The lowest BCUT2D eigenvalue weighted by Crippen LogP contribution is -2.30. The SMILES string of the molecule is CC\C=C/C=C\C=C/C=C\C=C/CCCC(=O)OC(COC(=O)CCC/C=C\C/C=C\C/C=C\C/C=C\C/C=C\CC)COC(=O)CCCCCCCCCCC. The molecular formula is C51H78O6. The first-order chi connectivity index (χ1) is 28.0. The fourth-order valence-corrected chi connectivity index (χ4v) is 5.33.